The first-order valence-corrected chi connectivity index (χ1v) is 44.8. The Labute approximate surface area is 760 Å². The molecule has 0 fully saturated rings. The molecule has 0 spiro atoms. The lowest BCUT2D eigenvalue weighted by molar-refractivity contribution is -0.132. The molecule has 6 aliphatic rings. The Bertz CT molecular complexity index is 5350. The molecular weight excluding hydrogens is 1650 g/mol. The summed E-state index contributed by atoms with van der Waals surface area (Å²) in [6.45, 7) is 43.0. The normalized spacial score (nSPS) is 17.2. The highest BCUT2D eigenvalue weighted by atomic mass is 35.5. The van der Waals surface area contributed by atoms with Gasteiger partial charge in [-0.2, -0.15) is 0 Å². The van der Waals surface area contributed by atoms with Gasteiger partial charge >= 0.3 is 29.8 Å². The number of carboxylic acids is 5. The maximum absolute atomic E-state index is 14.5. The number of allylic oxidation sites excluding steroid dienone is 25. The lowest BCUT2D eigenvalue weighted by Gasteiger charge is -2.37. The van der Waals surface area contributed by atoms with Gasteiger partial charge in [-0.3, -0.25) is 0 Å². The van der Waals surface area contributed by atoms with Crippen LogP contribution in [0.5, 0.6) is 0 Å². The second-order valence-electron chi connectivity index (χ2n) is 34.9. The quantitative estimate of drug-likeness (QED) is 0.0222. The molecule has 1 unspecified atom stereocenters. The van der Waals surface area contributed by atoms with Crippen LogP contribution in [-0.4, -0.2) is 119 Å². The number of halogens is 6. The number of fused-ring (bicyclic) bond motifs is 4. The van der Waals surface area contributed by atoms with Crippen LogP contribution < -0.4 is 24.5 Å². The minimum Gasteiger partial charge on any atom is -0.478 e. The van der Waals surface area contributed by atoms with E-state index in [0.29, 0.717) is 90.8 Å². The lowest BCUT2D eigenvalue weighted by Crippen LogP contribution is -2.36. The fraction of sp³-hybridized carbons (Fsp3) is 0.393. The Morgan fingerprint density at radius 3 is 0.953 bits per heavy atom. The first kappa shape index (κ1) is 104. The van der Waals surface area contributed by atoms with Crippen molar-refractivity contribution < 1.29 is 71.5 Å². The third-order valence-electron chi connectivity index (χ3n) is 23.7. The van der Waals surface area contributed by atoms with Crippen LogP contribution in [0.1, 0.15) is 244 Å². The largest absolute Gasteiger partial charge is 0.478 e. The minimum atomic E-state index is -1.05. The van der Waals surface area contributed by atoms with Gasteiger partial charge in [0, 0.05) is 117 Å². The van der Waals surface area contributed by atoms with E-state index in [4.69, 9.17) is 37.1 Å². The van der Waals surface area contributed by atoms with Gasteiger partial charge in [0.2, 0.25) is 0 Å². The molecule has 0 aromatic heterocycles. The Morgan fingerprint density at radius 2 is 0.602 bits per heavy atom. The van der Waals surface area contributed by atoms with Crippen LogP contribution in [-0.2, 0) is 56.1 Å². The van der Waals surface area contributed by atoms with E-state index in [9.17, 15) is 45.9 Å². The number of aliphatic carboxylic acids is 5. The van der Waals surface area contributed by atoms with Crippen LogP contribution in [0.4, 0.5) is 50.4 Å². The molecule has 0 saturated carbocycles. The third kappa shape index (κ3) is 30.3. The van der Waals surface area contributed by atoms with Gasteiger partial charge < -0.3 is 50.0 Å². The number of hydrogen-bond acceptors (Lipinski definition) is 10. The average molecular weight is 1780 g/mol. The standard InChI is InChI=1S/2C22H28FNO2.C21H25ClFNO2.C21H24FNO2.C21H26FNO2/c1-14(2)24-11-10-16(4)19-13-18(7-9-21(19)24)17(5)20(23)8-6-15(3)12-22(25)26;1-15(2)24-12-6-5-7-19-14-18(9-11-21(19)24)17(4)20(23)10-8-16(3)13-22(25)26;1-13(2)24-9-5-6-16-11-17(12-18(22)21(16)24)15(4)19(23)8-7-14(3)10-20(25)26;1-14(11-20(24)25)7-8-19(22)15(2)18-12-16-5-3-9-23-10-4-6-17(13-18)21(16)23;1-14(2)23-11-5-6-18-13-17(8-10-20(18)23)16(4)19(22)9-7-15(3)12-21(24)25/h6-9,12-14,16H,10-11H2,1-5H3,(H,25,26);8-11,13-15H,5-7,12H2,1-4H3,(H,25,26);7-8,10-13H,5-6,9H2,1-4H3,(H,25,26);7-8,11-13H,3-6,9-10H2,1-2H3,(H,24,25);7-10,12-14H,5-6,11H2,1-4H3,(H,24,25)/b8-6+,15-12+,20-17+;10-8+,16-13+,20-17+;8-7+,14-10+,19-15+;8-7+,14-11+,19-15+;9-7+,15-12+,19-16+. The highest BCUT2D eigenvalue weighted by Crippen LogP contribution is 2.43. The van der Waals surface area contributed by atoms with E-state index in [2.05, 4.69) is 135 Å². The van der Waals surface area contributed by atoms with Crippen molar-refractivity contribution in [2.24, 2.45) is 0 Å². The lowest BCUT2D eigenvalue weighted by atomic mass is 9.88. The first-order valence-electron chi connectivity index (χ1n) is 44.4. The topological polar surface area (TPSA) is 203 Å². The molecule has 0 radical (unpaired) electrons. The van der Waals surface area contributed by atoms with E-state index in [1.54, 1.807) is 69.2 Å². The second-order valence-corrected chi connectivity index (χ2v) is 35.3. The number of hydrogen-bond donors (Lipinski definition) is 5. The molecule has 6 heterocycles. The first-order chi connectivity index (χ1) is 60.4. The smallest absolute Gasteiger partial charge is 0.328 e. The van der Waals surface area contributed by atoms with Gasteiger partial charge in [-0.1, -0.05) is 67.1 Å². The molecule has 128 heavy (non-hydrogen) atoms. The van der Waals surface area contributed by atoms with Gasteiger partial charge in [-0.25, -0.2) is 45.9 Å². The van der Waals surface area contributed by atoms with Crippen molar-refractivity contribution in [2.45, 2.75) is 239 Å². The van der Waals surface area contributed by atoms with Crippen LogP contribution in [0.15, 0.2) is 227 Å². The van der Waals surface area contributed by atoms with Crippen LogP contribution in [0, 0.1) is 0 Å². The van der Waals surface area contributed by atoms with Gasteiger partial charge in [-0.05, 0) is 416 Å². The van der Waals surface area contributed by atoms with Crippen molar-refractivity contribution in [3.05, 3.63) is 293 Å². The minimum absolute atomic E-state index is 0.325. The van der Waals surface area contributed by atoms with E-state index < -0.39 is 35.7 Å². The van der Waals surface area contributed by atoms with Crippen molar-refractivity contribution in [1.29, 1.82) is 0 Å². The second kappa shape index (κ2) is 49.2. The Balaban J connectivity index is 0.000000219. The van der Waals surface area contributed by atoms with Gasteiger partial charge in [0.05, 0.1) is 10.7 Å². The molecule has 0 aliphatic carbocycles. The summed E-state index contributed by atoms with van der Waals surface area (Å²) in [5.41, 5.74) is 23.3. The summed E-state index contributed by atoms with van der Waals surface area (Å²) in [6.07, 6.45) is 32.2. The molecule has 686 valence electrons. The zero-order chi connectivity index (χ0) is 94.7. The van der Waals surface area contributed by atoms with Crippen LogP contribution in [0.2, 0.25) is 5.02 Å². The maximum Gasteiger partial charge on any atom is 0.328 e. The number of rotatable bonds is 24. The van der Waals surface area contributed by atoms with E-state index in [0.717, 1.165) is 179 Å². The summed E-state index contributed by atoms with van der Waals surface area (Å²) in [6, 6.07) is 28.2. The van der Waals surface area contributed by atoms with E-state index in [1.807, 2.05) is 30.3 Å². The molecular formula is C107H131ClF5N5O10. The summed E-state index contributed by atoms with van der Waals surface area (Å²) < 4.78 is 72.5. The molecule has 1 atom stereocenters. The number of anilines is 5. The molecule has 0 saturated heterocycles. The Hall–Kier alpha value is -11.5. The summed E-state index contributed by atoms with van der Waals surface area (Å²) >= 11 is 6.54. The van der Waals surface area contributed by atoms with Crippen molar-refractivity contribution in [2.75, 3.05) is 63.8 Å². The number of nitrogens with zero attached hydrogens (tertiary/aromatic N) is 5. The SMILES string of the molecule is CC(/C=C/C(F)=C(/C)c1cc(Cl)c2c(c1)CCCN2C(C)C)=C\C(=O)O.CC(/C=C/C(F)=C(/C)c1cc2c3c(c1)CCCN3CCC2)=C\C(=O)O.CC(/C=C/C(F)=C(/C)c1ccc2c(c1)C(C)CCN2C(C)C)=C\C(=O)O.CC(/C=C/C(F)=C(/C)c1ccc2c(c1)CCCCN2C(C)C)=C\C(=O)O.CC(/C=C/C(F)=C(/C)c1ccc2c(c1)CCCN2C(C)C)=C\C(=O)O. The van der Waals surface area contributed by atoms with Gasteiger partial charge in [0.1, 0.15) is 29.1 Å². The summed E-state index contributed by atoms with van der Waals surface area (Å²) in [4.78, 5) is 65.1. The Kier molecular flexibility index (Phi) is 39.8. The number of aryl methyl sites for hydroxylation is 5. The predicted octanol–water partition coefficient (Wildman–Crippen LogP) is 26.8. The summed E-state index contributed by atoms with van der Waals surface area (Å²) in [5.74, 6) is -6.52. The van der Waals surface area contributed by atoms with Crippen LogP contribution in [0.25, 0.3) is 27.9 Å². The zero-order valence-electron chi connectivity index (χ0n) is 78.1. The van der Waals surface area contributed by atoms with Gasteiger partial charge in [0.25, 0.3) is 0 Å². The predicted molar refractivity (Wildman–Crippen MR) is 520 cm³/mol. The van der Waals surface area contributed by atoms with Crippen molar-refractivity contribution in [3.8, 4) is 0 Å². The maximum atomic E-state index is 14.5. The molecule has 0 amide bonds. The fourth-order valence-corrected chi connectivity index (χ4v) is 16.9. The molecule has 11 rings (SSSR count). The molecule has 5 N–H and O–H groups in total. The third-order valence-corrected chi connectivity index (χ3v) is 24.0. The van der Waals surface area contributed by atoms with E-state index in [1.165, 1.54) is 118 Å². The van der Waals surface area contributed by atoms with Crippen LogP contribution in [0.3, 0.4) is 0 Å². The number of benzene rings is 5. The Morgan fingerprint density at radius 1 is 0.328 bits per heavy atom. The fourth-order valence-electron chi connectivity index (χ4n) is 16.6. The van der Waals surface area contributed by atoms with Crippen molar-refractivity contribution in [3.63, 3.8) is 0 Å². The van der Waals surface area contributed by atoms with E-state index in [-0.39, 0.29) is 23.3 Å². The molecule has 5 aromatic rings. The number of carboxylic acid groups (broad SMARTS) is 5. The summed E-state index contributed by atoms with van der Waals surface area (Å²) in [7, 11) is 0. The van der Waals surface area contributed by atoms with E-state index >= 15 is 0 Å². The molecule has 6 aliphatic heterocycles. The van der Waals surface area contributed by atoms with Gasteiger partial charge in [-0.15, -0.1) is 0 Å². The summed E-state index contributed by atoms with van der Waals surface area (Å²) in [5, 5.41) is 44.2. The average Bonchev–Trinajstić information content (AvgIpc) is 0.866. The van der Waals surface area contributed by atoms with Gasteiger partial charge in [0.15, 0.2) is 0 Å². The molecule has 15 nitrogen and oxygen atoms in total. The van der Waals surface area contributed by atoms with Crippen molar-refractivity contribution in [1.82, 2.24) is 0 Å². The number of carbonyl (C=O) groups is 5. The zero-order valence-corrected chi connectivity index (χ0v) is 78.8. The van der Waals surface area contributed by atoms with Crippen molar-refractivity contribution >= 4 is 97.7 Å². The highest BCUT2D eigenvalue weighted by Gasteiger charge is 2.29. The molecule has 0 bridgehead atoms. The highest BCUT2D eigenvalue weighted by molar-refractivity contribution is 6.33. The van der Waals surface area contributed by atoms with Crippen LogP contribution >= 0.6 is 11.6 Å². The molecule has 5 aromatic carbocycles. The monoisotopic (exact) mass is 1780 g/mol. The molecule has 21 heteroatoms.